The molecular weight excluding hydrogens is 312 g/mol. The molecule has 0 spiro atoms. The molecule has 2 amide bonds. The average Bonchev–Trinajstić information content (AvgIpc) is 3.06. The summed E-state index contributed by atoms with van der Waals surface area (Å²) < 4.78 is 29.1. The van der Waals surface area contributed by atoms with Crippen LogP contribution in [-0.2, 0) is 6.54 Å². The summed E-state index contributed by atoms with van der Waals surface area (Å²) in [7, 11) is 0. The van der Waals surface area contributed by atoms with E-state index in [-0.39, 0.29) is 5.69 Å². The van der Waals surface area contributed by atoms with Crippen LogP contribution in [-0.4, -0.2) is 10.6 Å². The zero-order valence-electron chi connectivity index (χ0n) is 12.5. The molecule has 4 rings (SSSR count). The fourth-order valence-electron chi connectivity index (χ4n) is 2.88. The lowest BCUT2D eigenvalue weighted by Gasteiger charge is -2.31. The van der Waals surface area contributed by atoms with Crippen LogP contribution >= 0.6 is 0 Å². The van der Waals surface area contributed by atoms with Crippen molar-refractivity contribution in [1.29, 1.82) is 0 Å². The first-order valence-electron chi connectivity index (χ1n) is 7.43. The number of nitrogens with zero attached hydrogens (tertiary/aromatic N) is 2. The first kappa shape index (κ1) is 14.4. The van der Waals surface area contributed by atoms with Gasteiger partial charge >= 0.3 is 6.03 Å². The van der Waals surface area contributed by atoms with Gasteiger partial charge in [-0.15, -0.1) is 0 Å². The van der Waals surface area contributed by atoms with Crippen molar-refractivity contribution in [3.8, 4) is 5.69 Å². The molecule has 0 aliphatic carbocycles. The highest BCUT2D eigenvalue weighted by Gasteiger charge is 2.26. The average molecular weight is 325 g/mol. The summed E-state index contributed by atoms with van der Waals surface area (Å²) in [5.41, 5.74) is 2.32. The molecule has 2 heterocycles. The molecule has 6 heteroatoms. The Morgan fingerprint density at radius 3 is 2.62 bits per heavy atom. The van der Waals surface area contributed by atoms with Gasteiger partial charge in [-0.2, -0.15) is 0 Å². The number of carbonyl (C=O) groups is 1. The van der Waals surface area contributed by atoms with Crippen molar-refractivity contribution in [3.63, 3.8) is 0 Å². The molecule has 0 radical (unpaired) electrons. The first-order chi connectivity index (χ1) is 11.6. The molecule has 0 saturated heterocycles. The molecule has 24 heavy (non-hydrogen) atoms. The second-order valence-electron chi connectivity index (χ2n) is 5.50. The maximum Gasteiger partial charge on any atom is 0.326 e. The minimum Gasteiger partial charge on any atom is -0.317 e. The summed E-state index contributed by atoms with van der Waals surface area (Å²) >= 11 is 0. The van der Waals surface area contributed by atoms with Crippen molar-refractivity contribution in [1.82, 2.24) is 4.57 Å². The molecule has 1 N–H and O–H groups in total. The summed E-state index contributed by atoms with van der Waals surface area (Å²) in [6.45, 7) is 0.340. The summed E-state index contributed by atoms with van der Waals surface area (Å²) in [5, 5.41) is 2.45. The van der Waals surface area contributed by atoms with Crippen LogP contribution in [0.5, 0.6) is 0 Å². The maximum atomic E-state index is 13.8. The van der Waals surface area contributed by atoms with Crippen LogP contribution in [0.25, 0.3) is 5.69 Å². The van der Waals surface area contributed by atoms with E-state index in [9.17, 15) is 13.6 Å². The van der Waals surface area contributed by atoms with Gasteiger partial charge in [-0.3, -0.25) is 4.90 Å². The zero-order valence-corrected chi connectivity index (χ0v) is 12.5. The van der Waals surface area contributed by atoms with E-state index in [2.05, 4.69) is 5.32 Å². The number of anilines is 2. The number of carbonyl (C=O) groups excluding carboxylic acids is 1. The summed E-state index contributed by atoms with van der Waals surface area (Å²) in [5.74, 6) is -1.29. The molecule has 0 bridgehead atoms. The number of para-hydroxylation sites is 2. The lowest BCUT2D eigenvalue weighted by Crippen LogP contribution is -2.38. The number of rotatable bonds is 1. The number of hydrogen-bond acceptors (Lipinski definition) is 1. The van der Waals surface area contributed by atoms with E-state index in [1.807, 2.05) is 47.2 Å². The molecule has 1 aliphatic rings. The highest BCUT2D eigenvalue weighted by atomic mass is 19.1. The Kier molecular flexibility index (Phi) is 3.30. The fraction of sp³-hybridized carbons (Fsp3) is 0.0556. The van der Waals surface area contributed by atoms with E-state index in [0.717, 1.165) is 29.6 Å². The van der Waals surface area contributed by atoms with Crippen LogP contribution in [0.4, 0.5) is 25.0 Å². The Balaban J connectivity index is 1.70. The Morgan fingerprint density at radius 2 is 1.79 bits per heavy atom. The summed E-state index contributed by atoms with van der Waals surface area (Å²) in [6.07, 6.45) is 1.93. The topological polar surface area (TPSA) is 37.3 Å². The number of amides is 2. The molecule has 4 nitrogen and oxygen atoms in total. The van der Waals surface area contributed by atoms with E-state index >= 15 is 0 Å². The van der Waals surface area contributed by atoms with Gasteiger partial charge in [0.05, 0.1) is 23.6 Å². The molecule has 1 aromatic heterocycles. The largest absolute Gasteiger partial charge is 0.326 e. The van der Waals surface area contributed by atoms with Gasteiger partial charge in [0.1, 0.15) is 11.6 Å². The van der Waals surface area contributed by atoms with Gasteiger partial charge in [-0.25, -0.2) is 13.6 Å². The number of urea groups is 1. The third kappa shape index (κ3) is 2.32. The zero-order chi connectivity index (χ0) is 16.7. The van der Waals surface area contributed by atoms with Gasteiger partial charge in [0.25, 0.3) is 0 Å². The van der Waals surface area contributed by atoms with Gasteiger partial charge < -0.3 is 9.88 Å². The standard InChI is InChI=1S/C18H13F2N3O/c19-12-7-8-14(20)15(10-12)21-18(24)23-11-13-4-3-9-22(13)16-5-1-2-6-17(16)23/h1-10H,11H2,(H,21,24). The molecule has 120 valence electrons. The highest BCUT2D eigenvalue weighted by Crippen LogP contribution is 2.32. The number of fused-ring (bicyclic) bond motifs is 3. The van der Waals surface area contributed by atoms with Gasteiger partial charge in [-0.05, 0) is 36.4 Å². The summed E-state index contributed by atoms with van der Waals surface area (Å²) in [4.78, 5) is 14.2. The van der Waals surface area contributed by atoms with E-state index in [1.54, 1.807) is 0 Å². The Hall–Kier alpha value is -3.15. The van der Waals surface area contributed by atoms with Gasteiger partial charge in [-0.1, -0.05) is 12.1 Å². The van der Waals surface area contributed by atoms with Crippen LogP contribution in [0.1, 0.15) is 5.69 Å². The predicted octanol–water partition coefficient (Wildman–Crippen LogP) is 4.31. The molecule has 3 aromatic rings. The predicted molar refractivity (Wildman–Crippen MR) is 87.3 cm³/mol. The van der Waals surface area contributed by atoms with Crippen LogP contribution in [0.2, 0.25) is 0 Å². The normalized spacial score (nSPS) is 12.5. The van der Waals surface area contributed by atoms with E-state index in [0.29, 0.717) is 12.2 Å². The number of benzene rings is 2. The lowest BCUT2D eigenvalue weighted by molar-refractivity contribution is 0.256. The van der Waals surface area contributed by atoms with E-state index < -0.39 is 17.7 Å². The van der Waals surface area contributed by atoms with Gasteiger partial charge in [0.15, 0.2) is 0 Å². The van der Waals surface area contributed by atoms with Crippen LogP contribution < -0.4 is 10.2 Å². The van der Waals surface area contributed by atoms with Crippen molar-refractivity contribution in [2.24, 2.45) is 0 Å². The van der Waals surface area contributed by atoms with Crippen LogP contribution in [0.3, 0.4) is 0 Å². The smallest absolute Gasteiger partial charge is 0.317 e. The van der Waals surface area contributed by atoms with Crippen LogP contribution in [0.15, 0.2) is 60.8 Å². The van der Waals surface area contributed by atoms with Crippen molar-refractivity contribution < 1.29 is 13.6 Å². The third-order valence-electron chi connectivity index (χ3n) is 4.00. The molecular formula is C18H13F2N3O. The SMILES string of the molecule is O=C(Nc1cc(F)ccc1F)N1Cc2cccn2-c2ccccc21. The number of aromatic nitrogens is 1. The van der Waals surface area contributed by atoms with Crippen molar-refractivity contribution >= 4 is 17.4 Å². The monoisotopic (exact) mass is 325 g/mol. The maximum absolute atomic E-state index is 13.8. The highest BCUT2D eigenvalue weighted by molar-refractivity contribution is 6.03. The molecule has 2 aromatic carbocycles. The molecule has 0 atom stereocenters. The van der Waals surface area contributed by atoms with Crippen molar-refractivity contribution in [2.75, 3.05) is 10.2 Å². The Bertz CT molecular complexity index is 936. The number of hydrogen-bond donors (Lipinski definition) is 1. The minimum atomic E-state index is -0.682. The van der Waals surface area contributed by atoms with E-state index in [4.69, 9.17) is 0 Å². The van der Waals surface area contributed by atoms with Crippen LogP contribution in [0, 0.1) is 11.6 Å². The minimum absolute atomic E-state index is 0.182. The second-order valence-corrected chi connectivity index (χ2v) is 5.50. The Morgan fingerprint density at radius 1 is 1.00 bits per heavy atom. The van der Waals surface area contributed by atoms with Crippen molar-refractivity contribution in [3.05, 3.63) is 78.1 Å². The van der Waals surface area contributed by atoms with Gasteiger partial charge in [0, 0.05) is 18.0 Å². The first-order valence-corrected chi connectivity index (χ1v) is 7.43. The molecule has 0 unspecified atom stereocenters. The summed E-state index contributed by atoms with van der Waals surface area (Å²) in [6, 6.07) is 13.7. The van der Waals surface area contributed by atoms with Gasteiger partial charge in [0.2, 0.25) is 0 Å². The van der Waals surface area contributed by atoms with E-state index in [1.165, 1.54) is 4.90 Å². The Labute approximate surface area is 136 Å². The van der Waals surface area contributed by atoms with Crippen molar-refractivity contribution in [2.45, 2.75) is 6.54 Å². The third-order valence-corrected chi connectivity index (χ3v) is 4.00. The quantitative estimate of drug-likeness (QED) is 0.711. The molecule has 0 fully saturated rings. The number of halogens is 2. The molecule has 0 saturated carbocycles. The number of nitrogens with one attached hydrogen (secondary N) is 1. The second kappa shape index (κ2) is 5.49. The lowest BCUT2D eigenvalue weighted by atomic mass is 10.2. The fourth-order valence-corrected chi connectivity index (χ4v) is 2.88. The molecule has 1 aliphatic heterocycles.